The fourth-order valence-corrected chi connectivity index (χ4v) is 4.33. The summed E-state index contributed by atoms with van der Waals surface area (Å²) >= 11 is 1.72. The summed E-state index contributed by atoms with van der Waals surface area (Å²) in [5.41, 5.74) is 3.34. The van der Waals surface area contributed by atoms with E-state index >= 15 is 0 Å². The Morgan fingerprint density at radius 3 is 2.88 bits per heavy atom. The number of amides is 1. The number of nitrogens with zero attached hydrogens (tertiary/aromatic N) is 2. The van der Waals surface area contributed by atoms with Gasteiger partial charge in [0, 0.05) is 35.3 Å². The van der Waals surface area contributed by atoms with Crippen molar-refractivity contribution in [2.24, 2.45) is 5.92 Å². The van der Waals surface area contributed by atoms with Crippen LogP contribution in [-0.4, -0.2) is 15.9 Å². The Morgan fingerprint density at radius 2 is 2.08 bits per heavy atom. The highest BCUT2D eigenvalue weighted by atomic mass is 32.1. The molecule has 3 aromatic rings. The van der Waals surface area contributed by atoms with E-state index in [0.29, 0.717) is 6.54 Å². The summed E-state index contributed by atoms with van der Waals surface area (Å²) in [6, 6.07) is 14.1. The number of fused-ring (bicyclic) bond motifs is 1. The smallest absolute Gasteiger partial charge is 0.223 e. The van der Waals surface area contributed by atoms with Crippen molar-refractivity contribution in [1.29, 1.82) is 0 Å². The minimum Gasteiger partial charge on any atom is -0.352 e. The molecule has 2 heterocycles. The second-order valence-corrected chi connectivity index (χ2v) is 7.36. The number of hydrogen-bond donors (Lipinski definition) is 1. The maximum absolute atomic E-state index is 12.5. The largest absolute Gasteiger partial charge is 0.352 e. The van der Waals surface area contributed by atoms with Crippen molar-refractivity contribution in [3.05, 3.63) is 71.0 Å². The van der Waals surface area contributed by atoms with Crippen LogP contribution in [0.15, 0.2) is 54.9 Å². The predicted octanol–water partition coefficient (Wildman–Crippen LogP) is 3.63. The normalized spacial score (nSPS) is 16.2. The zero-order valence-corrected chi connectivity index (χ0v) is 14.6. The van der Waals surface area contributed by atoms with Gasteiger partial charge in [0.05, 0.1) is 5.69 Å². The first-order valence-electron chi connectivity index (χ1n) is 8.50. The van der Waals surface area contributed by atoms with Gasteiger partial charge in [-0.3, -0.25) is 9.78 Å². The van der Waals surface area contributed by atoms with E-state index < -0.39 is 0 Å². The molecule has 0 fully saturated rings. The minimum atomic E-state index is 0.0354. The molecule has 25 heavy (non-hydrogen) atoms. The lowest BCUT2D eigenvalue weighted by Gasteiger charge is -2.20. The molecule has 0 radical (unpaired) electrons. The molecular weight excluding hydrogens is 330 g/mol. The molecule has 0 saturated carbocycles. The van der Waals surface area contributed by atoms with Crippen LogP contribution in [0.3, 0.4) is 0 Å². The summed E-state index contributed by atoms with van der Waals surface area (Å²) in [5.74, 6) is 0.164. The Kier molecular flexibility index (Phi) is 4.57. The fourth-order valence-electron chi connectivity index (χ4n) is 3.14. The number of benzene rings is 1. The van der Waals surface area contributed by atoms with Crippen molar-refractivity contribution >= 4 is 17.2 Å². The maximum Gasteiger partial charge on any atom is 0.223 e. The first-order valence-corrected chi connectivity index (χ1v) is 9.32. The van der Waals surface area contributed by atoms with E-state index in [1.807, 2.05) is 30.3 Å². The van der Waals surface area contributed by atoms with E-state index in [2.05, 4.69) is 22.4 Å². The van der Waals surface area contributed by atoms with Gasteiger partial charge in [-0.1, -0.05) is 36.4 Å². The van der Waals surface area contributed by atoms with Gasteiger partial charge in [0.1, 0.15) is 5.01 Å². The molecule has 1 aromatic carbocycles. The van der Waals surface area contributed by atoms with Crippen LogP contribution in [-0.2, 0) is 24.2 Å². The lowest BCUT2D eigenvalue weighted by atomic mass is 9.90. The molecule has 126 valence electrons. The number of nitrogens with one attached hydrogen (secondary N) is 1. The molecule has 2 aromatic heterocycles. The van der Waals surface area contributed by atoms with Gasteiger partial charge >= 0.3 is 0 Å². The van der Waals surface area contributed by atoms with Crippen LogP contribution >= 0.6 is 11.3 Å². The van der Waals surface area contributed by atoms with E-state index in [-0.39, 0.29) is 11.8 Å². The Bertz CT molecular complexity index is 861. The van der Waals surface area contributed by atoms with E-state index in [4.69, 9.17) is 4.98 Å². The third-order valence-corrected chi connectivity index (χ3v) is 5.69. The number of carbonyl (C=O) groups excluding carboxylic acids is 1. The maximum atomic E-state index is 12.5. The van der Waals surface area contributed by atoms with E-state index in [1.165, 1.54) is 10.6 Å². The SMILES string of the molecule is O=C(NCc1cccnc1)C1CCc2nc(-c3ccccc3)sc2C1. The van der Waals surface area contributed by atoms with Crippen LogP contribution in [0.5, 0.6) is 0 Å². The van der Waals surface area contributed by atoms with Crippen molar-refractivity contribution in [2.75, 3.05) is 0 Å². The number of rotatable bonds is 4. The molecule has 0 aliphatic heterocycles. The molecule has 1 atom stereocenters. The van der Waals surface area contributed by atoms with E-state index in [0.717, 1.165) is 35.4 Å². The van der Waals surface area contributed by atoms with E-state index in [1.54, 1.807) is 23.7 Å². The molecule has 5 heteroatoms. The Balaban J connectivity index is 1.42. The molecule has 4 rings (SSSR count). The van der Waals surface area contributed by atoms with Gasteiger partial charge < -0.3 is 5.32 Å². The van der Waals surface area contributed by atoms with Crippen LogP contribution in [0, 0.1) is 5.92 Å². The number of carbonyl (C=O) groups is 1. The summed E-state index contributed by atoms with van der Waals surface area (Å²) in [7, 11) is 0. The molecule has 1 amide bonds. The van der Waals surface area contributed by atoms with Gasteiger partial charge in [-0.2, -0.15) is 0 Å². The summed E-state index contributed by atoms with van der Waals surface area (Å²) < 4.78 is 0. The highest BCUT2D eigenvalue weighted by Crippen LogP contribution is 2.34. The number of hydrogen-bond acceptors (Lipinski definition) is 4. The van der Waals surface area contributed by atoms with Gasteiger partial charge in [0.2, 0.25) is 5.91 Å². The zero-order valence-electron chi connectivity index (χ0n) is 13.8. The monoisotopic (exact) mass is 349 g/mol. The van der Waals surface area contributed by atoms with Crippen molar-refractivity contribution in [3.8, 4) is 10.6 Å². The van der Waals surface area contributed by atoms with Crippen LogP contribution in [0.1, 0.15) is 22.6 Å². The minimum absolute atomic E-state index is 0.0354. The molecular formula is C20H19N3OS. The average Bonchev–Trinajstić information content (AvgIpc) is 3.11. The third-order valence-electron chi connectivity index (χ3n) is 4.52. The van der Waals surface area contributed by atoms with E-state index in [9.17, 15) is 4.79 Å². The highest BCUT2D eigenvalue weighted by Gasteiger charge is 2.27. The Hall–Kier alpha value is -2.53. The van der Waals surface area contributed by atoms with Crippen molar-refractivity contribution < 1.29 is 4.79 Å². The summed E-state index contributed by atoms with van der Waals surface area (Å²) in [5, 5.41) is 4.10. The fraction of sp³-hybridized carbons (Fsp3) is 0.250. The van der Waals surface area contributed by atoms with Gasteiger partial charge in [-0.15, -0.1) is 11.3 Å². The quantitative estimate of drug-likeness (QED) is 0.782. The van der Waals surface area contributed by atoms with Crippen molar-refractivity contribution in [3.63, 3.8) is 0 Å². The van der Waals surface area contributed by atoms with Gasteiger partial charge in [-0.05, 0) is 30.9 Å². The van der Waals surface area contributed by atoms with Gasteiger partial charge in [0.15, 0.2) is 0 Å². The first kappa shape index (κ1) is 16.0. The molecule has 1 unspecified atom stereocenters. The first-order chi connectivity index (χ1) is 12.3. The predicted molar refractivity (Wildman–Crippen MR) is 99.1 cm³/mol. The number of aryl methyl sites for hydroxylation is 1. The zero-order chi connectivity index (χ0) is 17.1. The molecule has 1 aliphatic carbocycles. The second-order valence-electron chi connectivity index (χ2n) is 6.27. The van der Waals surface area contributed by atoms with Gasteiger partial charge in [-0.25, -0.2) is 4.98 Å². The lowest BCUT2D eigenvalue weighted by molar-refractivity contribution is -0.125. The molecule has 0 saturated heterocycles. The van der Waals surface area contributed by atoms with Crippen LogP contribution in [0.4, 0.5) is 0 Å². The number of pyridine rings is 1. The second kappa shape index (κ2) is 7.15. The highest BCUT2D eigenvalue weighted by molar-refractivity contribution is 7.15. The van der Waals surface area contributed by atoms with Crippen molar-refractivity contribution in [1.82, 2.24) is 15.3 Å². The van der Waals surface area contributed by atoms with Gasteiger partial charge in [0.25, 0.3) is 0 Å². The molecule has 0 bridgehead atoms. The summed E-state index contributed by atoms with van der Waals surface area (Å²) in [4.78, 5) is 22.6. The number of aromatic nitrogens is 2. The van der Waals surface area contributed by atoms with Crippen LogP contribution < -0.4 is 5.32 Å². The molecule has 4 nitrogen and oxygen atoms in total. The molecule has 1 aliphatic rings. The topological polar surface area (TPSA) is 54.9 Å². The third kappa shape index (κ3) is 3.61. The summed E-state index contributed by atoms with van der Waals surface area (Å²) in [6.07, 6.45) is 6.06. The summed E-state index contributed by atoms with van der Waals surface area (Å²) in [6.45, 7) is 0.536. The molecule has 0 spiro atoms. The number of thiazole rings is 1. The lowest BCUT2D eigenvalue weighted by Crippen LogP contribution is -2.33. The Labute approximate surface area is 151 Å². The van der Waals surface area contributed by atoms with Crippen LogP contribution in [0.25, 0.3) is 10.6 Å². The van der Waals surface area contributed by atoms with Crippen LogP contribution in [0.2, 0.25) is 0 Å². The molecule has 1 N–H and O–H groups in total. The van der Waals surface area contributed by atoms with Crippen molar-refractivity contribution in [2.45, 2.75) is 25.8 Å². The standard InChI is InChI=1S/C20H19N3OS/c24-19(22-13-14-5-4-10-21-12-14)16-8-9-17-18(11-16)25-20(23-17)15-6-2-1-3-7-15/h1-7,10,12,16H,8-9,11,13H2,(H,22,24). The Morgan fingerprint density at radius 1 is 1.20 bits per heavy atom. The average molecular weight is 349 g/mol.